The number of hydrogen-bond donors (Lipinski definition) is 2. The SMILES string of the molecule is Cc1nc(SCC(=O)Nc2ccccc2C(=O)NCc2ccco2)nc(C)c1C. The molecule has 0 radical (unpaired) electrons. The summed E-state index contributed by atoms with van der Waals surface area (Å²) >= 11 is 1.26. The molecule has 7 nitrogen and oxygen atoms in total. The number of nitrogens with zero attached hydrogens (tertiary/aromatic N) is 2. The predicted octanol–water partition coefficient (Wildman–Crippen LogP) is 3.66. The normalized spacial score (nSPS) is 10.6. The Bertz CT molecular complexity index is 996. The number of benzene rings is 1. The van der Waals surface area contributed by atoms with Crippen LogP contribution in [-0.2, 0) is 11.3 Å². The van der Waals surface area contributed by atoms with Gasteiger partial charge in [0.25, 0.3) is 5.91 Å². The second-order valence-corrected chi connectivity index (χ2v) is 7.39. The molecule has 0 unspecified atom stereocenters. The Morgan fingerprint density at radius 3 is 2.45 bits per heavy atom. The number of rotatable bonds is 7. The number of aryl methyl sites for hydroxylation is 2. The van der Waals surface area contributed by atoms with E-state index in [4.69, 9.17) is 4.42 Å². The molecule has 2 N–H and O–H groups in total. The van der Waals surface area contributed by atoms with E-state index in [1.165, 1.54) is 11.8 Å². The highest BCUT2D eigenvalue weighted by Crippen LogP contribution is 2.19. The van der Waals surface area contributed by atoms with Gasteiger partial charge in [0.1, 0.15) is 5.76 Å². The van der Waals surface area contributed by atoms with Crippen molar-refractivity contribution in [2.75, 3.05) is 11.1 Å². The number of aromatic nitrogens is 2. The molecular weight excluding hydrogens is 388 g/mol. The molecule has 29 heavy (non-hydrogen) atoms. The van der Waals surface area contributed by atoms with Crippen molar-refractivity contribution in [1.29, 1.82) is 0 Å². The van der Waals surface area contributed by atoms with E-state index in [0.717, 1.165) is 17.0 Å². The van der Waals surface area contributed by atoms with Gasteiger partial charge in [0.2, 0.25) is 5.91 Å². The molecule has 3 aromatic rings. The van der Waals surface area contributed by atoms with Crippen LogP contribution in [0.25, 0.3) is 0 Å². The number of furan rings is 1. The van der Waals surface area contributed by atoms with Crippen LogP contribution in [0.1, 0.15) is 33.1 Å². The second kappa shape index (κ2) is 9.38. The van der Waals surface area contributed by atoms with Crippen LogP contribution in [0, 0.1) is 20.8 Å². The van der Waals surface area contributed by atoms with Crippen LogP contribution < -0.4 is 10.6 Å². The third-order valence-electron chi connectivity index (χ3n) is 4.39. The van der Waals surface area contributed by atoms with Crippen molar-refractivity contribution in [3.8, 4) is 0 Å². The third kappa shape index (κ3) is 5.45. The number of amides is 2. The molecule has 0 aliphatic carbocycles. The van der Waals surface area contributed by atoms with E-state index in [2.05, 4.69) is 20.6 Å². The van der Waals surface area contributed by atoms with Crippen LogP contribution in [0.3, 0.4) is 0 Å². The fourth-order valence-electron chi connectivity index (χ4n) is 2.59. The van der Waals surface area contributed by atoms with Gasteiger partial charge in [-0.1, -0.05) is 23.9 Å². The minimum absolute atomic E-state index is 0.143. The number of thioether (sulfide) groups is 1. The maximum Gasteiger partial charge on any atom is 0.253 e. The first-order valence-corrected chi connectivity index (χ1v) is 10.1. The van der Waals surface area contributed by atoms with Crippen molar-refractivity contribution < 1.29 is 14.0 Å². The largest absolute Gasteiger partial charge is 0.467 e. The summed E-state index contributed by atoms with van der Waals surface area (Å²) in [6.45, 7) is 6.09. The zero-order chi connectivity index (χ0) is 20.8. The lowest BCUT2D eigenvalue weighted by Gasteiger charge is -2.11. The maximum atomic E-state index is 12.5. The maximum absolute atomic E-state index is 12.5. The van der Waals surface area contributed by atoms with E-state index in [-0.39, 0.29) is 24.1 Å². The Labute approximate surface area is 173 Å². The van der Waals surface area contributed by atoms with Crippen molar-refractivity contribution >= 4 is 29.3 Å². The van der Waals surface area contributed by atoms with Gasteiger partial charge in [0, 0.05) is 11.4 Å². The average Bonchev–Trinajstić information content (AvgIpc) is 3.22. The topological polar surface area (TPSA) is 97.1 Å². The van der Waals surface area contributed by atoms with Crippen LogP contribution in [-0.4, -0.2) is 27.5 Å². The lowest BCUT2D eigenvalue weighted by atomic mass is 10.1. The number of nitrogens with one attached hydrogen (secondary N) is 2. The summed E-state index contributed by atoms with van der Waals surface area (Å²) in [7, 11) is 0. The average molecular weight is 410 g/mol. The molecule has 0 spiro atoms. The molecule has 0 fully saturated rings. The Balaban J connectivity index is 1.61. The third-order valence-corrected chi connectivity index (χ3v) is 5.24. The highest BCUT2D eigenvalue weighted by Gasteiger charge is 2.14. The molecule has 0 atom stereocenters. The number of anilines is 1. The lowest BCUT2D eigenvalue weighted by Crippen LogP contribution is -2.25. The van der Waals surface area contributed by atoms with Crippen LogP contribution in [0.15, 0.2) is 52.2 Å². The quantitative estimate of drug-likeness (QED) is 0.456. The first-order chi connectivity index (χ1) is 13.9. The van der Waals surface area contributed by atoms with Crippen molar-refractivity contribution in [2.24, 2.45) is 0 Å². The van der Waals surface area contributed by atoms with E-state index < -0.39 is 0 Å². The van der Waals surface area contributed by atoms with Crippen LogP contribution in [0.2, 0.25) is 0 Å². The van der Waals surface area contributed by atoms with Crippen LogP contribution >= 0.6 is 11.8 Å². The minimum atomic E-state index is -0.293. The minimum Gasteiger partial charge on any atom is -0.467 e. The summed E-state index contributed by atoms with van der Waals surface area (Å²) in [6, 6.07) is 10.4. The van der Waals surface area contributed by atoms with E-state index in [0.29, 0.717) is 22.2 Å². The highest BCUT2D eigenvalue weighted by atomic mass is 32.2. The highest BCUT2D eigenvalue weighted by molar-refractivity contribution is 7.99. The van der Waals surface area contributed by atoms with Gasteiger partial charge < -0.3 is 15.1 Å². The monoisotopic (exact) mass is 410 g/mol. The van der Waals surface area contributed by atoms with Gasteiger partial charge in [0.15, 0.2) is 5.16 Å². The molecule has 150 valence electrons. The first kappa shape index (κ1) is 20.6. The Morgan fingerprint density at radius 1 is 1.03 bits per heavy atom. The van der Waals surface area contributed by atoms with Gasteiger partial charge in [-0.15, -0.1) is 0 Å². The van der Waals surface area contributed by atoms with Crippen molar-refractivity contribution in [3.63, 3.8) is 0 Å². The zero-order valence-electron chi connectivity index (χ0n) is 16.5. The van der Waals surface area contributed by atoms with Crippen molar-refractivity contribution in [3.05, 3.63) is 70.9 Å². The summed E-state index contributed by atoms with van der Waals surface area (Å²) in [5.41, 5.74) is 3.69. The molecule has 0 bridgehead atoms. The molecule has 2 aromatic heterocycles. The van der Waals surface area contributed by atoms with Crippen LogP contribution in [0.4, 0.5) is 5.69 Å². The fraction of sp³-hybridized carbons (Fsp3) is 0.238. The summed E-state index contributed by atoms with van der Waals surface area (Å²) in [5, 5.41) is 6.14. The van der Waals surface area contributed by atoms with Crippen LogP contribution in [0.5, 0.6) is 0 Å². The van der Waals surface area contributed by atoms with E-state index in [1.54, 1.807) is 42.7 Å². The lowest BCUT2D eigenvalue weighted by molar-refractivity contribution is -0.113. The molecule has 0 aliphatic rings. The first-order valence-electron chi connectivity index (χ1n) is 9.08. The zero-order valence-corrected chi connectivity index (χ0v) is 17.3. The van der Waals surface area contributed by atoms with Gasteiger partial charge in [-0.2, -0.15) is 0 Å². The Morgan fingerprint density at radius 2 is 1.76 bits per heavy atom. The molecule has 1 aromatic carbocycles. The van der Waals surface area contributed by atoms with Crippen molar-refractivity contribution in [1.82, 2.24) is 15.3 Å². The summed E-state index contributed by atoms with van der Waals surface area (Å²) < 4.78 is 5.21. The summed E-state index contributed by atoms with van der Waals surface area (Å²) in [4.78, 5) is 33.7. The second-order valence-electron chi connectivity index (χ2n) is 6.45. The van der Waals surface area contributed by atoms with Crippen molar-refractivity contribution in [2.45, 2.75) is 32.5 Å². The predicted molar refractivity (Wildman–Crippen MR) is 112 cm³/mol. The Kier molecular flexibility index (Phi) is 6.66. The van der Waals surface area contributed by atoms with Gasteiger partial charge in [0.05, 0.1) is 29.8 Å². The molecule has 0 saturated heterocycles. The fourth-order valence-corrected chi connectivity index (χ4v) is 3.32. The number of para-hydroxylation sites is 1. The molecule has 0 saturated carbocycles. The molecule has 8 heteroatoms. The standard InChI is InChI=1S/C21H22N4O3S/c1-13-14(2)23-21(24-15(13)3)29-12-19(26)25-18-9-5-4-8-17(18)20(27)22-11-16-7-6-10-28-16/h4-10H,11-12H2,1-3H3,(H,22,27)(H,25,26). The number of hydrogen-bond acceptors (Lipinski definition) is 6. The van der Waals surface area contributed by atoms with E-state index >= 15 is 0 Å². The van der Waals surface area contributed by atoms with E-state index in [9.17, 15) is 9.59 Å². The van der Waals surface area contributed by atoms with Gasteiger partial charge in [-0.25, -0.2) is 9.97 Å². The van der Waals surface area contributed by atoms with E-state index in [1.807, 2.05) is 20.8 Å². The summed E-state index contributed by atoms with van der Waals surface area (Å²) in [6.07, 6.45) is 1.55. The Hall–Kier alpha value is -3.13. The van der Waals surface area contributed by atoms with Gasteiger partial charge in [-0.3, -0.25) is 9.59 Å². The molecule has 2 heterocycles. The molecule has 2 amide bonds. The summed E-state index contributed by atoms with van der Waals surface area (Å²) in [5.74, 6) is 0.267. The molecular formula is C21H22N4O3S. The van der Waals surface area contributed by atoms with Gasteiger partial charge in [-0.05, 0) is 50.6 Å². The smallest absolute Gasteiger partial charge is 0.253 e. The molecule has 0 aliphatic heterocycles. The number of carbonyl (C=O) groups is 2. The van der Waals surface area contributed by atoms with Gasteiger partial charge >= 0.3 is 0 Å². The number of carbonyl (C=O) groups excluding carboxylic acids is 2. The molecule has 3 rings (SSSR count).